The van der Waals surface area contributed by atoms with E-state index in [0.717, 1.165) is 57.8 Å². The lowest BCUT2D eigenvalue weighted by Gasteiger charge is -2.41. The summed E-state index contributed by atoms with van der Waals surface area (Å²) in [4.78, 5) is 16.5. The van der Waals surface area contributed by atoms with Gasteiger partial charge >= 0.3 is 6.09 Å². The first-order chi connectivity index (χ1) is 18.1. The summed E-state index contributed by atoms with van der Waals surface area (Å²) in [5.74, 6) is -1.78. The highest BCUT2D eigenvalue weighted by atomic mass is 19.2. The van der Waals surface area contributed by atoms with E-state index in [0.29, 0.717) is 12.1 Å². The van der Waals surface area contributed by atoms with Crippen molar-refractivity contribution in [3.63, 3.8) is 0 Å². The van der Waals surface area contributed by atoms with Gasteiger partial charge in [-0.2, -0.15) is 0 Å². The normalized spacial score (nSPS) is 20.2. The molecule has 2 heterocycles. The molecule has 0 aromatic heterocycles. The molecule has 2 saturated heterocycles. The standard InChI is InChI=1S/C31H32F2N2O2/c32-27-13-12-22(20-28(27)33)29-21-37-30(36)35(29)17-7-1-6-16-34-18-14-31(15-19-34)25-10-4-2-8-23(25)24-9-3-5-11-26(24)31/h2-5,8-13,20,29H,1,6-7,14-19,21H2/t29-/m0/s1. The first kappa shape index (κ1) is 24.1. The Morgan fingerprint density at radius 2 is 1.46 bits per heavy atom. The van der Waals surface area contributed by atoms with Crippen LogP contribution in [0.1, 0.15) is 54.8 Å². The zero-order valence-corrected chi connectivity index (χ0v) is 21.0. The molecule has 1 amide bonds. The minimum absolute atomic E-state index is 0.134. The smallest absolute Gasteiger partial charge is 0.410 e. The van der Waals surface area contributed by atoms with Gasteiger partial charge in [0.15, 0.2) is 11.6 Å². The third kappa shape index (κ3) is 4.31. The third-order valence-electron chi connectivity index (χ3n) is 8.56. The Morgan fingerprint density at radius 1 is 0.811 bits per heavy atom. The van der Waals surface area contributed by atoms with Gasteiger partial charge in [0, 0.05) is 12.0 Å². The second kappa shape index (κ2) is 9.90. The van der Waals surface area contributed by atoms with E-state index < -0.39 is 11.6 Å². The van der Waals surface area contributed by atoms with Gasteiger partial charge in [-0.15, -0.1) is 0 Å². The van der Waals surface area contributed by atoms with E-state index in [1.165, 1.54) is 34.4 Å². The van der Waals surface area contributed by atoms with E-state index in [9.17, 15) is 13.6 Å². The number of hydrogen-bond acceptors (Lipinski definition) is 3. The van der Waals surface area contributed by atoms with Crippen LogP contribution < -0.4 is 0 Å². The predicted molar refractivity (Wildman–Crippen MR) is 139 cm³/mol. The fourth-order valence-corrected chi connectivity index (χ4v) is 6.60. The summed E-state index contributed by atoms with van der Waals surface area (Å²) in [5.41, 5.74) is 6.48. The monoisotopic (exact) mass is 502 g/mol. The van der Waals surface area contributed by atoms with Crippen molar-refractivity contribution in [1.82, 2.24) is 9.80 Å². The number of rotatable bonds is 7. The molecule has 192 valence electrons. The van der Waals surface area contributed by atoms with Crippen LogP contribution in [0.15, 0.2) is 66.7 Å². The van der Waals surface area contributed by atoms with Crippen molar-refractivity contribution in [1.29, 1.82) is 0 Å². The van der Waals surface area contributed by atoms with Crippen molar-refractivity contribution in [3.8, 4) is 11.1 Å². The first-order valence-electron chi connectivity index (χ1n) is 13.4. The van der Waals surface area contributed by atoms with Crippen molar-refractivity contribution in [3.05, 3.63) is 95.1 Å². The van der Waals surface area contributed by atoms with Crippen molar-refractivity contribution in [2.24, 2.45) is 0 Å². The second-order valence-corrected chi connectivity index (χ2v) is 10.5. The van der Waals surface area contributed by atoms with E-state index in [-0.39, 0.29) is 24.2 Å². The molecule has 0 saturated carbocycles. The van der Waals surface area contributed by atoms with Crippen molar-refractivity contribution < 1.29 is 18.3 Å². The third-order valence-corrected chi connectivity index (χ3v) is 8.56. The van der Waals surface area contributed by atoms with Crippen LogP contribution in [0.2, 0.25) is 0 Å². The Morgan fingerprint density at radius 3 is 2.14 bits per heavy atom. The molecule has 0 radical (unpaired) electrons. The highest BCUT2D eigenvalue weighted by molar-refractivity contribution is 5.81. The van der Waals surface area contributed by atoms with Crippen LogP contribution in [0.4, 0.5) is 13.6 Å². The van der Waals surface area contributed by atoms with Crippen LogP contribution >= 0.6 is 0 Å². The summed E-state index contributed by atoms with van der Waals surface area (Å²) in [6.45, 7) is 3.94. The molecule has 1 aliphatic carbocycles. The van der Waals surface area contributed by atoms with Crippen LogP contribution in [0.5, 0.6) is 0 Å². The van der Waals surface area contributed by atoms with Crippen LogP contribution in [0.3, 0.4) is 0 Å². The van der Waals surface area contributed by atoms with E-state index in [1.54, 1.807) is 4.90 Å². The number of amides is 1. The molecule has 3 aromatic rings. The van der Waals surface area contributed by atoms with Gasteiger partial charge in [0.1, 0.15) is 6.61 Å². The number of piperidine rings is 1. The molecule has 37 heavy (non-hydrogen) atoms. The molecular formula is C31H32F2N2O2. The Hall–Kier alpha value is -3.25. The second-order valence-electron chi connectivity index (χ2n) is 10.5. The lowest BCUT2D eigenvalue weighted by molar-refractivity contribution is 0.156. The Balaban J connectivity index is 1.00. The van der Waals surface area contributed by atoms with Gasteiger partial charge in [-0.3, -0.25) is 4.90 Å². The maximum absolute atomic E-state index is 13.7. The summed E-state index contributed by atoms with van der Waals surface area (Å²) in [6.07, 6.45) is 4.81. The molecule has 3 aromatic carbocycles. The summed E-state index contributed by atoms with van der Waals surface area (Å²) < 4.78 is 32.2. The average molecular weight is 503 g/mol. The first-order valence-corrected chi connectivity index (χ1v) is 13.4. The van der Waals surface area contributed by atoms with Crippen molar-refractivity contribution >= 4 is 6.09 Å². The Bertz CT molecular complexity index is 1250. The maximum Gasteiger partial charge on any atom is 0.410 e. The fraction of sp³-hybridized carbons (Fsp3) is 0.387. The molecule has 1 spiro atoms. The number of carbonyl (C=O) groups is 1. The number of benzene rings is 3. The highest BCUT2D eigenvalue weighted by Gasteiger charge is 2.44. The molecule has 0 unspecified atom stereocenters. The van der Waals surface area contributed by atoms with E-state index in [2.05, 4.69) is 53.4 Å². The van der Waals surface area contributed by atoms with Crippen LogP contribution in [-0.2, 0) is 10.2 Å². The van der Waals surface area contributed by atoms with Gasteiger partial charge in [-0.05, 0) is 85.3 Å². The summed E-state index contributed by atoms with van der Waals surface area (Å²) in [7, 11) is 0. The number of carbonyl (C=O) groups excluding carboxylic acids is 1. The fourth-order valence-electron chi connectivity index (χ4n) is 6.60. The zero-order chi connectivity index (χ0) is 25.4. The molecule has 4 nitrogen and oxygen atoms in total. The number of hydrogen-bond donors (Lipinski definition) is 0. The molecule has 0 N–H and O–H groups in total. The average Bonchev–Trinajstić information content (AvgIpc) is 3.42. The van der Waals surface area contributed by atoms with Gasteiger partial charge in [0.2, 0.25) is 0 Å². The van der Waals surface area contributed by atoms with Crippen molar-refractivity contribution in [2.45, 2.75) is 43.6 Å². The molecular weight excluding hydrogens is 470 g/mol. The number of fused-ring (bicyclic) bond motifs is 5. The number of nitrogens with zero attached hydrogens (tertiary/aromatic N) is 2. The van der Waals surface area contributed by atoms with E-state index in [4.69, 9.17) is 4.74 Å². The summed E-state index contributed by atoms with van der Waals surface area (Å²) in [6, 6.07) is 21.3. The van der Waals surface area contributed by atoms with Gasteiger partial charge in [-0.1, -0.05) is 61.0 Å². The molecule has 0 bridgehead atoms. The number of likely N-dealkylation sites (tertiary alicyclic amines) is 1. The highest BCUT2D eigenvalue weighted by Crippen LogP contribution is 2.53. The Labute approximate surface area is 216 Å². The van der Waals surface area contributed by atoms with E-state index >= 15 is 0 Å². The number of unbranched alkanes of at least 4 members (excludes halogenated alkanes) is 2. The lowest BCUT2D eigenvalue weighted by atomic mass is 9.71. The molecule has 1 atom stereocenters. The quantitative estimate of drug-likeness (QED) is 0.338. The molecule has 2 fully saturated rings. The topological polar surface area (TPSA) is 32.8 Å². The van der Waals surface area contributed by atoms with Gasteiger partial charge in [0.25, 0.3) is 0 Å². The molecule has 6 rings (SSSR count). The van der Waals surface area contributed by atoms with Crippen LogP contribution in [0.25, 0.3) is 11.1 Å². The largest absolute Gasteiger partial charge is 0.447 e. The molecule has 6 heteroatoms. The minimum atomic E-state index is -0.898. The Kier molecular flexibility index (Phi) is 6.45. The minimum Gasteiger partial charge on any atom is -0.447 e. The van der Waals surface area contributed by atoms with Crippen LogP contribution in [0, 0.1) is 11.6 Å². The molecule has 3 aliphatic rings. The van der Waals surface area contributed by atoms with Gasteiger partial charge in [0.05, 0.1) is 6.04 Å². The number of cyclic esters (lactones) is 1. The molecule has 2 aliphatic heterocycles. The van der Waals surface area contributed by atoms with E-state index in [1.807, 2.05) is 0 Å². The summed E-state index contributed by atoms with van der Waals surface area (Å²) in [5, 5.41) is 0. The summed E-state index contributed by atoms with van der Waals surface area (Å²) >= 11 is 0. The number of halogens is 2. The predicted octanol–water partition coefficient (Wildman–Crippen LogP) is 6.69. The SMILES string of the molecule is O=C1OC[C@@H](c2ccc(F)c(F)c2)N1CCCCCN1CCC2(CC1)c1ccccc1-c1ccccc12. The lowest BCUT2D eigenvalue weighted by Crippen LogP contribution is -2.42. The maximum atomic E-state index is 13.7. The zero-order valence-electron chi connectivity index (χ0n) is 21.0. The van der Waals surface area contributed by atoms with Crippen molar-refractivity contribution in [2.75, 3.05) is 32.8 Å². The van der Waals surface area contributed by atoms with Gasteiger partial charge in [-0.25, -0.2) is 13.6 Å². The van der Waals surface area contributed by atoms with Crippen LogP contribution in [-0.4, -0.2) is 48.7 Å². The number of ether oxygens (including phenoxy) is 1. The van der Waals surface area contributed by atoms with Gasteiger partial charge < -0.3 is 9.64 Å².